The summed E-state index contributed by atoms with van der Waals surface area (Å²) >= 11 is 6.01. The Morgan fingerprint density at radius 3 is 2.15 bits per heavy atom. The minimum absolute atomic E-state index is 0.144. The number of benzene rings is 3. The Balaban J connectivity index is 2.04. The summed E-state index contributed by atoms with van der Waals surface area (Å²) in [5.41, 5.74) is 3.06. The Morgan fingerprint density at radius 1 is 0.923 bits per heavy atom. The first-order chi connectivity index (χ1) is 18.4. The number of aryl methyl sites for hydroxylation is 1. The summed E-state index contributed by atoms with van der Waals surface area (Å²) in [6.45, 7) is 6.09. The maximum atomic E-state index is 14.0. The molecule has 0 saturated carbocycles. The van der Waals surface area contributed by atoms with Crippen molar-refractivity contribution >= 4 is 39.1 Å². The van der Waals surface area contributed by atoms with Gasteiger partial charge >= 0.3 is 0 Å². The molecule has 1 N–H and O–H groups in total. The topological polar surface area (TPSA) is 86.8 Å². The zero-order valence-electron chi connectivity index (χ0n) is 22.8. The number of amides is 2. The molecule has 9 heteroatoms. The summed E-state index contributed by atoms with van der Waals surface area (Å²) in [6.07, 6.45) is 1.33. The van der Waals surface area contributed by atoms with Crippen molar-refractivity contribution in [2.24, 2.45) is 5.92 Å². The number of carbonyl (C=O) groups excluding carboxylic acids is 2. The van der Waals surface area contributed by atoms with Crippen molar-refractivity contribution in [2.45, 2.75) is 39.8 Å². The molecular weight excluding hydrogens is 534 g/mol. The van der Waals surface area contributed by atoms with Crippen molar-refractivity contribution in [1.82, 2.24) is 10.2 Å². The molecule has 7 nitrogen and oxygen atoms in total. The SMILES string of the molecule is Cc1cccc(CN(C(=O)CN(c2ccc(Cl)cc2)S(C)(=O)=O)[C@@H](Cc2ccccc2)C(=O)NCC(C)C)c1. The Labute approximate surface area is 236 Å². The summed E-state index contributed by atoms with van der Waals surface area (Å²) in [4.78, 5) is 29.1. The molecule has 0 fully saturated rings. The van der Waals surface area contributed by atoms with E-state index in [0.29, 0.717) is 17.3 Å². The molecule has 0 aliphatic carbocycles. The molecule has 0 aliphatic rings. The normalized spacial score (nSPS) is 12.2. The first-order valence-corrected chi connectivity index (χ1v) is 15.1. The Bertz CT molecular complexity index is 1360. The van der Waals surface area contributed by atoms with Gasteiger partial charge in [0.1, 0.15) is 12.6 Å². The van der Waals surface area contributed by atoms with Crippen molar-refractivity contribution in [2.75, 3.05) is 23.7 Å². The van der Waals surface area contributed by atoms with Crippen LogP contribution in [0.25, 0.3) is 0 Å². The van der Waals surface area contributed by atoms with Crippen molar-refractivity contribution in [3.05, 3.63) is 101 Å². The van der Waals surface area contributed by atoms with E-state index in [1.54, 1.807) is 24.3 Å². The number of nitrogens with one attached hydrogen (secondary N) is 1. The summed E-state index contributed by atoms with van der Waals surface area (Å²) in [7, 11) is -3.82. The minimum Gasteiger partial charge on any atom is -0.354 e. The van der Waals surface area contributed by atoms with E-state index >= 15 is 0 Å². The van der Waals surface area contributed by atoms with E-state index in [1.165, 1.54) is 4.90 Å². The lowest BCUT2D eigenvalue weighted by Gasteiger charge is -2.33. The second kappa shape index (κ2) is 13.6. The average molecular weight is 570 g/mol. The lowest BCUT2D eigenvalue weighted by molar-refractivity contribution is -0.140. The number of halogens is 1. The van der Waals surface area contributed by atoms with Crippen LogP contribution in [-0.2, 0) is 32.6 Å². The van der Waals surface area contributed by atoms with Crippen LogP contribution in [0.5, 0.6) is 0 Å². The molecule has 0 radical (unpaired) electrons. The van der Waals surface area contributed by atoms with Crippen molar-refractivity contribution < 1.29 is 18.0 Å². The highest BCUT2D eigenvalue weighted by Gasteiger charge is 2.33. The molecule has 39 heavy (non-hydrogen) atoms. The number of nitrogens with zero attached hydrogens (tertiary/aromatic N) is 2. The number of carbonyl (C=O) groups is 2. The Morgan fingerprint density at radius 2 is 1.56 bits per heavy atom. The number of hydrogen-bond donors (Lipinski definition) is 1. The monoisotopic (exact) mass is 569 g/mol. The van der Waals surface area contributed by atoms with E-state index in [4.69, 9.17) is 11.6 Å². The van der Waals surface area contributed by atoms with Crippen LogP contribution < -0.4 is 9.62 Å². The zero-order valence-corrected chi connectivity index (χ0v) is 24.4. The highest BCUT2D eigenvalue weighted by Crippen LogP contribution is 2.22. The van der Waals surface area contributed by atoms with Crippen LogP contribution in [0.1, 0.15) is 30.5 Å². The highest BCUT2D eigenvalue weighted by atomic mass is 35.5. The van der Waals surface area contributed by atoms with Crippen LogP contribution in [0, 0.1) is 12.8 Å². The van der Waals surface area contributed by atoms with Gasteiger partial charge in [0.15, 0.2) is 0 Å². The van der Waals surface area contributed by atoms with E-state index in [9.17, 15) is 18.0 Å². The largest absolute Gasteiger partial charge is 0.354 e. The van der Waals surface area contributed by atoms with Gasteiger partial charge in [-0.2, -0.15) is 0 Å². The lowest BCUT2D eigenvalue weighted by Crippen LogP contribution is -2.53. The quantitative estimate of drug-likeness (QED) is 0.338. The fourth-order valence-electron chi connectivity index (χ4n) is 4.20. The fourth-order valence-corrected chi connectivity index (χ4v) is 5.18. The number of hydrogen-bond acceptors (Lipinski definition) is 4. The molecule has 208 valence electrons. The first-order valence-electron chi connectivity index (χ1n) is 12.8. The van der Waals surface area contributed by atoms with Gasteiger partial charge in [-0.15, -0.1) is 0 Å². The van der Waals surface area contributed by atoms with E-state index in [-0.39, 0.29) is 24.8 Å². The van der Waals surface area contributed by atoms with Gasteiger partial charge in [0.2, 0.25) is 21.8 Å². The van der Waals surface area contributed by atoms with E-state index < -0.39 is 28.5 Å². The standard InChI is InChI=1S/C30H36ClN3O4S/c1-22(2)19-32-30(36)28(18-24-10-6-5-7-11-24)33(20-25-12-8-9-23(3)17-25)29(35)21-34(39(4,37)38)27-15-13-26(31)14-16-27/h5-17,22,28H,18-21H2,1-4H3,(H,32,36)/t28-/m0/s1. The number of rotatable bonds is 12. The predicted octanol–water partition coefficient (Wildman–Crippen LogP) is 4.83. The van der Waals surface area contributed by atoms with Gasteiger partial charge < -0.3 is 10.2 Å². The highest BCUT2D eigenvalue weighted by molar-refractivity contribution is 7.92. The number of anilines is 1. The van der Waals surface area contributed by atoms with E-state index in [1.807, 2.05) is 75.4 Å². The van der Waals surface area contributed by atoms with Crippen LogP contribution in [-0.4, -0.2) is 50.5 Å². The second-order valence-electron chi connectivity index (χ2n) is 10.1. The predicted molar refractivity (Wildman–Crippen MR) is 157 cm³/mol. The van der Waals surface area contributed by atoms with Gasteiger partial charge in [-0.25, -0.2) is 8.42 Å². The molecular formula is C30H36ClN3O4S. The fraction of sp³-hybridized carbons (Fsp3) is 0.333. The molecule has 2 amide bonds. The van der Waals surface area contributed by atoms with E-state index in [0.717, 1.165) is 27.3 Å². The zero-order chi connectivity index (χ0) is 28.6. The summed E-state index contributed by atoms with van der Waals surface area (Å²) in [6, 6.07) is 22.6. The molecule has 3 rings (SSSR count). The molecule has 0 aliphatic heterocycles. The Hall–Kier alpha value is -3.36. The van der Waals surface area contributed by atoms with Crippen molar-refractivity contribution in [3.8, 4) is 0 Å². The smallest absolute Gasteiger partial charge is 0.244 e. The molecule has 1 atom stereocenters. The van der Waals surface area contributed by atoms with Gasteiger partial charge in [0.25, 0.3) is 0 Å². The summed E-state index contributed by atoms with van der Waals surface area (Å²) < 4.78 is 26.6. The molecule has 3 aromatic carbocycles. The summed E-state index contributed by atoms with van der Waals surface area (Å²) in [5, 5.41) is 3.43. The van der Waals surface area contributed by atoms with Crippen LogP contribution in [0.4, 0.5) is 5.69 Å². The maximum absolute atomic E-state index is 14.0. The molecule has 0 aromatic heterocycles. The van der Waals surface area contributed by atoms with Gasteiger partial charge in [-0.3, -0.25) is 13.9 Å². The van der Waals surface area contributed by atoms with Gasteiger partial charge in [-0.05, 0) is 48.2 Å². The van der Waals surface area contributed by atoms with Crippen LogP contribution in [0.15, 0.2) is 78.9 Å². The second-order valence-corrected chi connectivity index (χ2v) is 12.4. The van der Waals surface area contributed by atoms with Crippen molar-refractivity contribution in [3.63, 3.8) is 0 Å². The molecule has 0 unspecified atom stereocenters. The minimum atomic E-state index is -3.82. The van der Waals surface area contributed by atoms with Gasteiger partial charge in [-0.1, -0.05) is 85.6 Å². The molecule has 0 bridgehead atoms. The van der Waals surface area contributed by atoms with Crippen LogP contribution >= 0.6 is 11.6 Å². The third-order valence-corrected chi connectivity index (χ3v) is 7.58. The maximum Gasteiger partial charge on any atom is 0.244 e. The lowest BCUT2D eigenvalue weighted by atomic mass is 10.0. The third-order valence-electron chi connectivity index (χ3n) is 6.18. The van der Waals surface area contributed by atoms with Crippen LogP contribution in [0.2, 0.25) is 5.02 Å². The molecule has 0 saturated heterocycles. The molecule has 0 heterocycles. The summed E-state index contributed by atoms with van der Waals surface area (Å²) in [5.74, 6) is -0.554. The third kappa shape index (κ3) is 9.11. The van der Waals surface area contributed by atoms with Crippen LogP contribution in [0.3, 0.4) is 0 Å². The van der Waals surface area contributed by atoms with Gasteiger partial charge in [0, 0.05) is 24.5 Å². The number of sulfonamides is 1. The van der Waals surface area contributed by atoms with Crippen molar-refractivity contribution in [1.29, 1.82) is 0 Å². The first kappa shape index (κ1) is 30.2. The van der Waals surface area contributed by atoms with Gasteiger partial charge in [0.05, 0.1) is 11.9 Å². The molecule has 3 aromatic rings. The molecule has 0 spiro atoms. The van der Waals surface area contributed by atoms with E-state index in [2.05, 4.69) is 5.32 Å². The Kier molecular flexibility index (Phi) is 10.5. The average Bonchev–Trinajstić information content (AvgIpc) is 2.88.